The number of nitrogens with one attached hydrogen (secondary N) is 1. The fourth-order valence-electron chi connectivity index (χ4n) is 2.94. The van der Waals surface area contributed by atoms with E-state index in [9.17, 15) is 9.18 Å². The van der Waals surface area contributed by atoms with E-state index in [-0.39, 0.29) is 11.7 Å². The van der Waals surface area contributed by atoms with E-state index in [0.717, 1.165) is 37.9 Å². The maximum absolute atomic E-state index is 13.0. The van der Waals surface area contributed by atoms with Crippen molar-refractivity contribution >= 4 is 23.5 Å². The Kier molecular flexibility index (Phi) is 5.05. The number of rotatable bonds is 4. The molecule has 3 aromatic rings. The van der Waals surface area contributed by atoms with Gasteiger partial charge in [-0.15, -0.1) is 10.2 Å². The monoisotopic (exact) mass is 379 g/mol. The Morgan fingerprint density at radius 2 is 1.57 bits per heavy atom. The van der Waals surface area contributed by atoms with Crippen LogP contribution < -0.4 is 15.1 Å². The van der Waals surface area contributed by atoms with Crippen LogP contribution in [0.15, 0.2) is 54.9 Å². The third kappa shape index (κ3) is 4.03. The lowest BCUT2D eigenvalue weighted by Crippen LogP contribution is -2.47. The number of nitrogens with zero attached hydrogens (tertiary/aromatic N) is 6. The molecule has 3 heterocycles. The minimum Gasteiger partial charge on any atom is -0.352 e. The van der Waals surface area contributed by atoms with Crippen molar-refractivity contribution in [3.8, 4) is 0 Å². The summed E-state index contributed by atoms with van der Waals surface area (Å²) in [5.74, 6) is 1.06. The Hall–Kier alpha value is -3.62. The first-order chi connectivity index (χ1) is 13.7. The topological polar surface area (TPSA) is 87.1 Å². The molecule has 1 aliphatic rings. The number of anilines is 3. The molecule has 4 rings (SSSR count). The van der Waals surface area contributed by atoms with Gasteiger partial charge in [0.25, 0.3) is 5.91 Å². The van der Waals surface area contributed by atoms with Crippen molar-refractivity contribution in [2.45, 2.75) is 0 Å². The summed E-state index contributed by atoms with van der Waals surface area (Å²) in [6, 6.07) is 10.6. The summed E-state index contributed by atoms with van der Waals surface area (Å²) in [6.07, 6.45) is 3.47. The molecule has 0 spiro atoms. The van der Waals surface area contributed by atoms with Crippen LogP contribution in [0, 0.1) is 5.82 Å². The summed E-state index contributed by atoms with van der Waals surface area (Å²) >= 11 is 0. The summed E-state index contributed by atoms with van der Waals surface area (Å²) in [6.45, 7) is 3.12. The zero-order chi connectivity index (χ0) is 19.3. The van der Waals surface area contributed by atoms with E-state index in [0.29, 0.717) is 11.4 Å². The van der Waals surface area contributed by atoms with E-state index in [1.807, 2.05) is 6.07 Å². The average molecular weight is 379 g/mol. The average Bonchev–Trinajstić information content (AvgIpc) is 2.75. The summed E-state index contributed by atoms with van der Waals surface area (Å²) in [4.78, 5) is 25.0. The molecule has 1 saturated heterocycles. The molecule has 0 unspecified atom stereocenters. The maximum atomic E-state index is 13.0. The lowest BCUT2D eigenvalue weighted by Gasteiger charge is -2.35. The van der Waals surface area contributed by atoms with Crippen molar-refractivity contribution in [1.29, 1.82) is 0 Å². The van der Waals surface area contributed by atoms with Crippen molar-refractivity contribution in [3.63, 3.8) is 0 Å². The first kappa shape index (κ1) is 17.8. The third-order valence-electron chi connectivity index (χ3n) is 4.44. The third-order valence-corrected chi connectivity index (χ3v) is 4.44. The smallest absolute Gasteiger partial charge is 0.256 e. The molecule has 142 valence electrons. The predicted octanol–water partition coefficient (Wildman–Crippen LogP) is 1.98. The van der Waals surface area contributed by atoms with Crippen molar-refractivity contribution in [3.05, 3.63) is 66.2 Å². The Labute approximate surface area is 161 Å². The van der Waals surface area contributed by atoms with Crippen molar-refractivity contribution in [2.24, 2.45) is 0 Å². The van der Waals surface area contributed by atoms with Crippen LogP contribution in [-0.4, -0.2) is 52.3 Å². The molecule has 0 aliphatic carbocycles. The van der Waals surface area contributed by atoms with Crippen LogP contribution in [0.5, 0.6) is 0 Å². The van der Waals surface area contributed by atoms with E-state index >= 15 is 0 Å². The minimum atomic E-state index is -0.389. The van der Waals surface area contributed by atoms with E-state index < -0.39 is 0 Å². The SMILES string of the molecule is O=C(Nc1ccc(N2CCN(c3ncccn3)CC2)nn1)c1ccc(F)cc1. The van der Waals surface area contributed by atoms with Crippen LogP contribution in [0.3, 0.4) is 0 Å². The summed E-state index contributed by atoms with van der Waals surface area (Å²) in [5.41, 5.74) is 0.353. The number of piperazine rings is 1. The van der Waals surface area contributed by atoms with Gasteiger partial charge in [-0.2, -0.15) is 0 Å². The Bertz CT molecular complexity index is 927. The van der Waals surface area contributed by atoms with E-state index in [1.165, 1.54) is 24.3 Å². The predicted molar refractivity (Wildman–Crippen MR) is 103 cm³/mol. The van der Waals surface area contributed by atoms with Crippen LogP contribution in [0.4, 0.5) is 22.0 Å². The molecule has 1 aliphatic heterocycles. The standard InChI is InChI=1S/C19H18FN7O/c20-15-4-2-14(3-5-15)18(28)23-16-6-7-17(25-24-16)26-10-12-27(13-11-26)19-21-8-1-9-22-19/h1-9H,10-13H2,(H,23,24,28). The molecule has 0 atom stereocenters. The first-order valence-electron chi connectivity index (χ1n) is 8.86. The van der Waals surface area contributed by atoms with Gasteiger partial charge in [-0.05, 0) is 42.5 Å². The molecule has 8 nitrogen and oxygen atoms in total. The Balaban J connectivity index is 1.35. The quantitative estimate of drug-likeness (QED) is 0.742. The highest BCUT2D eigenvalue weighted by Crippen LogP contribution is 2.17. The van der Waals surface area contributed by atoms with Gasteiger partial charge in [0.1, 0.15) is 5.82 Å². The number of hydrogen-bond donors (Lipinski definition) is 1. The van der Waals surface area contributed by atoms with E-state index in [4.69, 9.17) is 0 Å². The van der Waals surface area contributed by atoms with Gasteiger partial charge in [0.15, 0.2) is 11.6 Å². The van der Waals surface area contributed by atoms with Crippen molar-refractivity contribution in [2.75, 3.05) is 41.3 Å². The number of halogens is 1. The molecule has 0 saturated carbocycles. The number of aromatic nitrogens is 4. The zero-order valence-electron chi connectivity index (χ0n) is 15.0. The lowest BCUT2D eigenvalue weighted by molar-refractivity contribution is 0.102. The second-order valence-electron chi connectivity index (χ2n) is 6.26. The van der Waals surface area contributed by atoms with Crippen LogP contribution in [0.1, 0.15) is 10.4 Å². The maximum Gasteiger partial charge on any atom is 0.256 e. The highest BCUT2D eigenvalue weighted by atomic mass is 19.1. The second-order valence-corrected chi connectivity index (χ2v) is 6.26. The van der Waals surface area contributed by atoms with Gasteiger partial charge >= 0.3 is 0 Å². The van der Waals surface area contributed by atoms with E-state index in [1.54, 1.807) is 24.5 Å². The Morgan fingerprint density at radius 1 is 0.893 bits per heavy atom. The first-order valence-corrected chi connectivity index (χ1v) is 8.86. The lowest BCUT2D eigenvalue weighted by atomic mass is 10.2. The van der Waals surface area contributed by atoms with Crippen LogP contribution >= 0.6 is 0 Å². The van der Waals surface area contributed by atoms with Gasteiger partial charge < -0.3 is 15.1 Å². The summed E-state index contributed by atoms with van der Waals surface area (Å²) < 4.78 is 13.0. The van der Waals surface area contributed by atoms with Gasteiger partial charge in [-0.1, -0.05) is 0 Å². The number of hydrogen-bond acceptors (Lipinski definition) is 7. The molecule has 2 aromatic heterocycles. The van der Waals surface area contributed by atoms with E-state index in [2.05, 4.69) is 35.3 Å². The molecule has 1 fully saturated rings. The van der Waals surface area contributed by atoms with Crippen molar-refractivity contribution < 1.29 is 9.18 Å². The van der Waals surface area contributed by atoms with Crippen LogP contribution in [0.2, 0.25) is 0 Å². The molecule has 9 heteroatoms. The molecule has 28 heavy (non-hydrogen) atoms. The summed E-state index contributed by atoms with van der Waals surface area (Å²) in [5, 5.41) is 10.9. The molecule has 1 N–H and O–H groups in total. The van der Waals surface area contributed by atoms with Crippen molar-refractivity contribution in [1.82, 2.24) is 20.2 Å². The Morgan fingerprint density at radius 3 is 2.21 bits per heavy atom. The van der Waals surface area contributed by atoms with Gasteiger partial charge in [0.05, 0.1) is 0 Å². The fraction of sp³-hybridized carbons (Fsp3) is 0.211. The highest BCUT2D eigenvalue weighted by molar-refractivity contribution is 6.03. The number of benzene rings is 1. The molecule has 0 radical (unpaired) electrons. The van der Waals surface area contributed by atoms with Crippen LogP contribution in [0.25, 0.3) is 0 Å². The molecule has 1 aromatic carbocycles. The molecular formula is C19H18FN7O. The molecule has 0 bridgehead atoms. The number of carbonyl (C=O) groups excluding carboxylic acids is 1. The van der Waals surface area contributed by atoms with Crippen LogP contribution in [-0.2, 0) is 0 Å². The largest absolute Gasteiger partial charge is 0.352 e. The molecular weight excluding hydrogens is 361 g/mol. The number of amides is 1. The number of carbonyl (C=O) groups is 1. The fourth-order valence-corrected chi connectivity index (χ4v) is 2.94. The minimum absolute atomic E-state index is 0.342. The second kappa shape index (κ2) is 7.95. The zero-order valence-corrected chi connectivity index (χ0v) is 15.0. The van der Waals surface area contributed by atoms with Gasteiger partial charge in [0.2, 0.25) is 5.95 Å². The van der Waals surface area contributed by atoms with Gasteiger partial charge in [-0.3, -0.25) is 4.79 Å². The summed E-state index contributed by atoms with van der Waals surface area (Å²) in [7, 11) is 0. The molecule has 1 amide bonds. The van der Waals surface area contributed by atoms with Gasteiger partial charge in [0, 0.05) is 44.1 Å². The normalized spacial score (nSPS) is 14.0. The van der Waals surface area contributed by atoms with Gasteiger partial charge in [-0.25, -0.2) is 14.4 Å². The highest BCUT2D eigenvalue weighted by Gasteiger charge is 2.20.